The number of benzene rings is 3. The summed E-state index contributed by atoms with van der Waals surface area (Å²) in [5, 5.41) is 18.2. The molecular formula is C29H30N6O4. The fraction of sp³-hybridized carbons (Fsp3) is 0.241. The van der Waals surface area contributed by atoms with Crippen LogP contribution in [-0.2, 0) is 11.4 Å². The molecule has 3 aromatic carbocycles. The number of carbonyl (C=O) groups is 1. The molecule has 1 atom stereocenters. The normalized spacial score (nSPS) is 14.3. The Morgan fingerprint density at radius 1 is 1.00 bits per heavy atom. The van der Waals surface area contributed by atoms with Gasteiger partial charge in [-0.25, -0.2) is 0 Å². The molecule has 1 amide bonds. The molecule has 0 saturated heterocycles. The lowest BCUT2D eigenvalue weighted by Crippen LogP contribution is -2.31. The Morgan fingerprint density at radius 3 is 2.56 bits per heavy atom. The third-order valence-electron chi connectivity index (χ3n) is 6.41. The van der Waals surface area contributed by atoms with E-state index in [1.54, 1.807) is 17.9 Å². The molecule has 0 bridgehead atoms. The molecule has 1 unspecified atom stereocenters. The van der Waals surface area contributed by atoms with Crippen LogP contribution in [-0.4, -0.2) is 39.8 Å². The van der Waals surface area contributed by atoms with E-state index in [0.717, 1.165) is 11.1 Å². The maximum atomic E-state index is 13.8. The summed E-state index contributed by atoms with van der Waals surface area (Å²) < 4.78 is 19.0. The van der Waals surface area contributed by atoms with Gasteiger partial charge < -0.3 is 24.8 Å². The van der Waals surface area contributed by atoms with Crippen molar-refractivity contribution in [2.45, 2.75) is 33.4 Å². The van der Waals surface area contributed by atoms with Gasteiger partial charge in [0.05, 0.1) is 25.0 Å². The van der Waals surface area contributed by atoms with Crippen LogP contribution >= 0.6 is 0 Å². The topological polar surface area (TPSA) is 112 Å². The molecule has 0 saturated carbocycles. The highest BCUT2D eigenvalue weighted by Crippen LogP contribution is 2.39. The van der Waals surface area contributed by atoms with Crippen LogP contribution in [0.1, 0.15) is 36.6 Å². The number of allylic oxidation sites excluding steroid dienone is 1. The summed E-state index contributed by atoms with van der Waals surface area (Å²) in [5.74, 6) is 1.84. The molecule has 4 aromatic rings. The zero-order valence-corrected chi connectivity index (χ0v) is 22.3. The van der Waals surface area contributed by atoms with E-state index in [2.05, 4.69) is 26.2 Å². The third kappa shape index (κ3) is 5.40. The minimum Gasteiger partial charge on any atom is -0.493 e. The van der Waals surface area contributed by atoms with Crippen LogP contribution in [0.3, 0.4) is 0 Å². The van der Waals surface area contributed by atoms with Crippen molar-refractivity contribution in [3.05, 3.63) is 94.7 Å². The zero-order chi connectivity index (χ0) is 27.4. The molecule has 10 heteroatoms. The van der Waals surface area contributed by atoms with Crippen molar-refractivity contribution in [3.8, 4) is 17.2 Å². The molecule has 10 nitrogen and oxygen atoms in total. The van der Waals surface area contributed by atoms with E-state index in [9.17, 15) is 4.79 Å². The first kappa shape index (κ1) is 25.8. The van der Waals surface area contributed by atoms with Crippen LogP contribution in [0.4, 0.5) is 11.6 Å². The number of amides is 1. The van der Waals surface area contributed by atoms with E-state index in [1.165, 1.54) is 5.56 Å². The number of nitrogens with zero attached hydrogens (tertiary/aromatic N) is 4. The number of para-hydroxylation sites is 2. The van der Waals surface area contributed by atoms with E-state index in [-0.39, 0.29) is 5.91 Å². The number of carbonyl (C=O) groups excluding carboxylic acids is 1. The number of fused-ring (bicyclic) bond motifs is 1. The molecule has 5 rings (SSSR count). The number of aryl methyl sites for hydroxylation is 1. The summed E-state index contributed by atoms with van der Waals surface area (Å²) in [5.41, 5.74) is 4.65. The molecule has 0 radical (unpaired) electrons. The van der Waals surface area contributed by atoms with Gasteiger partial charge in [-0.3, -0.25) is 4.79 Å². The van der Waals surface area contributed by atoms with Gasteiger partial charge in [-0.2, -0.15) is 4.68 Å². The molecule has 0 aliphatic carbocycles. The standard InChI is InChI=1S/C29H30N6O4/c1-5-38-23-9-7-6-8-22(23)31-28(36)26-19(3)30-29-32-33-34-35(29)27(26)21-14-15-24(25(16-21)37-4)39-17-20-12-10-18(2)11-13-20/h6-16,27H,5,17H2,1-4H3,(H,31,36)(H,30,32,34). The summed E-state index contributed by atoms with van der Waals surface area (Å²) >= 11 is 0. The van der Waals surface area contributed by atoms with Crippen molar-refractivity contribution in [1.82, 2.24) is 20.2 Å². The lowest BCUT2D eigenvalue weighted by Gasteiger charge is -2.28. The average molecular weight is 527 g/mol. The van der Waals surface area contributed by atoms with E-state index in [1.807, 2.05) is 81.4 Å². The van der Waals surface area contributed by atoms with Gasteiger partial charge >= 0.3 is 0 Å². The number of aromatic nitrogens is 4. The molecule has 39 heavy (non-hydrogen) atoms. The summed E-state index contributed by atoms with van der Waals surface area (Å²) in [6, 6.07) is 20.4. The van der Waals surface area contributed by atoms with Crippen molar-refractivity contribution < 1.29 is 19.0 Å². The first-order chi connectivity index (χ1) is 19.0. The summed E-state index contributed by atoms with van der Waals surface area (Å²) in [6.07, 6.45) is 0. The van der Waals surface area contributed by atoms with E-state index < -0.39 is 6.04 Å². The number of tetrazole rings is 1. The monoisotopic (exact) mass is 526 g/mol. The van der Waals surface area contributed by atoms with Crippen LogP contribution in [0.2, 0.25) is 0 Å². The van der Waals surface area contributed by atoms with Crippen LogP contribution < -0.4 is 24.8 Å². The Morgan fingerprint density at radius 2 is 1.79 bits per heavy atom. The van der Waals surface area contributed by atoms with Gasteiger partial charge in [-0.1, -0.05) is 53.1 Å². The Balaban J connectivity index is 1.47. The van der Waals surface area contributed by atoms with Gasteiger partial charge in [0.2, 0.25) is 5.95 Å². The van der Waals surface area contributed by atoms with Crippen LogP contribution in [0.25, 0.3) is 0 Å². The van der Waals surface area contributed by atoms with E-state index in [4.69, 9.17) is 14.2 Å². The minimum atomic E-state index is -0.615. The number of nitrogens with one attached hydrogen (secondary N) is 2. The second-order valence-electron chi connectivity index (χ2n) is 9.08. The van der Waals surface area contributed by atoms with Crippen molar-refractivity contribution in [2.75, 3.05) is 24.4 Å². The first-order valence-corrected chi connectivity index (χ1v) is 12.6. The highest BCUT2D eigenvalue weighted by molar-refractivity contribution is 6.06. The summed E-state index contributed by atoms with van der Waals surface area (Å²) in [6.45, 7) is 6.64. The van der Waals surface area contributed by atoms with Gasteiger partial charge in [-0.15, -0.1) is 0 Å². The van der Waals surface area contributed by atoms with Crippen LogP contribution in [0, 0.1) is 6.92 Å². The molecule has 2 heterocycles. The summed E-state index contributed by atoms with van der Waals surface area (Å²) in [7, 11) is 1.59. The molecule has 0 spiro atoms. The second kappa shape index (κ2) is 11.3. The molecule has 0 fully saturated rings. The molecular weight excluding hydrogens is 496 g/mol. The van der Waals surface area contributed by atoms with E-state index >= 15 is 0 Å². The predicted octanol–water partition coefficient (Wildman–Crippen LogP) is 4.90. The minimum absolute atomic E-state index is 0.308. The van der Waals surface area contributed by atoms with Gasteiger partial charge in [0.1, 0.15) is 18.4 Å². The molecule has 2 N–H and O–H groups in total. The number of ether oxygens (including phenoxy) is 3. The maximum Gasteiger partial charge on any atom is 0.255 e. The highest BCUT2D eigenvalue weighted by Gasteiger charge is 2.35. The quantitative estimate of drug-likeness (QED) is 0.317. The van der Waals surface area contributed by atoms with Crippen molar-refractivity contribution in [3.63, 3.8) is 0 Å². The predicted molar refractivity (Wildman–Crippen MR) is 147 cm³/mol. The fourth-order valence-electron chi connectivity index (χ4n) is 4.47. The SMILES string of the molecule is CCOc1ccccc1NC(=O)C1=C(C)Nc2nnnn2C1c1ccc(OCc2ccc(C)cc2)c(OC)c1. The first-order valence-electron chi connectivity index (χ1n) is 12.6. The fourth-order valence-corrected chi connectivity index (χ4v) is 4.47. The number of rotatable bonds is 9. The van der Waals surface area contributed by atoms with E-state index in [0.29, 0.717) is 53.4 Å². The van der Waals surface area contributed by atoms with Crippen molar-refractivity contribution >= 4 is 17.5 Å². The Kier molecular flexibility index (Phi) is 7.44. The molecule has 200 valence electrons. The number of hydrogen-bond acceptors (Lipinski definition) is 8. The maximum absolute atomic E-state index is 13.8. The van der Waals surface area contributed by atoms with Gasteiger partial charge in [0, 0.05) is 5.70 Å². The van der Waals surface area contributed by atoms with Gasteiger partial charge in [0.15, 0.2) is 11.5 Å². The van der Waals surface area contributed by atoms with Crippen LogP contribution in [0.15, 0.2) is 78.0 Å². The Labute approximate surface area is 226 Å². The molecule has 1 aliphatic rings. The largest absolute Gasteiger partial charge is 0.493 e. The number of hydrogen-bond donors (Lipinski definition) is 2. The Hall–Kier alpha value is -4.86. The highest BCUT2D eigenvalue weighted by atomic mass is 16.5. The van der Waals surface area contributed by atoms with Gasteiger partial charge in [0.25, 0.3) is 5.91 Å². The van der Waals surface area contributed by atoms with Crippen LogP contribution in [0.5, 0.6) is 17.2 Å². The second-order valence-corrected chi connectivity index (χ2v) is 9.08. The number of anilines is 2. The smallest absolute Gasteiger partial charge is 0.255 e. The Bertz CT molecular complexity index is 1510. The lowest BCUT2D eigenvalue weighted by molar-refractivity contribution is -0.113. The lowest BCUT2D eigenvalue weighted by atomic mass is 9.94. The average Bonchev–Trinajstić information content (AvgIpc) is 3.41. The third-order valence-corrected chi connectivity index (χ3v) is 6.41. The summed E-state index contributed by atoms with van der Waals surface area (Å²) in [4.78, 5) is 13.8. The van der Waals surface area contributed by atoms with Crippen molar-refractivity contribution in [1.29, 1.82) is 0 Å². The zero-order valence-electron chi connectivity index (χ0n) is 22.3. The van der Waals surface area contributed by atoms with Gasteiger partial charge in [-0.05, 0) is 66.6 Å². The van der Waals surface area contributed by atoms with Crippen molar-refractivity contribution in [2.24, 2.45) is 0 Å². The molecule has 1 aliphatic heterocycles. The molecule has 1 aromatic heterocycles. The number of methoxy groups -OCH3 is 1.